The molecule has 0 aliphatic rings. The summed E-state index contributed by atoms with van der Waals surface area (Å²) in [5.74, 6) is -1.65. The number of hydrogen-bond acceptors (Lipinski definition) is 5. The summed E-state index contributed by atoms with van der Waals surface area (Å²) in [6.45, 7) is 0. The third kappa shape index (κ3) is 4.48. The van der Waals surface area contributed by atoms with Crippen molar-refractivity contribution < 1.29 is 18.3 Å². The van der Waals surface area contributed by atoms with Crippen molar-refractivity contribution in [2.45, 2.75) is 0 Å². The first-order chi connectivity index (χ1) is 13.0. The van der Waals surface area contributed by atoms with Crippen LogP contribution in [0.5, 0.6) is 5.75 Å². The van der Waals surface area contributed by atoms with Crippen LogP contribution in [0, 0.1) is 11.6 Å². The summed E-state index contributed by atoms with van der Waals surface area (Å²) < 4.78 is 31.9. The number of benzene rings is 2. The lowest BCUT2D eigenvalue weighted by Crippen LogP contribution is -2.15. The van der Waals surface area contributed by atoms with Crippen molar-refractivity contribution in [3.05, 3.63) is 71.0 Å². The molecule has 1 heterocycles. The van der Waals surface area contributed by atoms with Crippen molar-refractivity contribution in [1.29, 1.82) is 0 Å². The Morgan fingerprint density at radius 2 is 1.93 bits per heavy atom. The number of ether oxygens (including phenoxy) is 1. The smallest absolute Gasteiger partial charge is 0.274 e. The molecule has 138 valence electrons. The van der Waals surface area contributed by atoms with Gasteiger partial charge >= 0.3 is 0 Å². The van der Waals surface area contributed by atoms with E-state index in [4.69, 9.17) is 16.3 Å². The van der Waals surface area contributed by atoms with Crippen LogP contribution in [0.3, 0.4) is 0 Å². The number of amides is 1. The highest BCUT2D eigenvalue weighted by atomic mass is 35.5. The van der Waals surface area contributed by atoms with Crippen LogP contribution in [0.2, 0.25) is 5.02 Å². The predicted molar refractivity (Wildman–Crippen MR) is 97.6 cm³/mol. The second-order valence-electron chi connectivity index (χ2n) is 5.31. The first-order valence-electron chi connectivity index (χ1n) is 7.66. The number of anilines is 3. The maximum absolute atomic E-state index is 13.7. The van der Waals surface area contributed by atoms with Crippen molar-refractivity contribution in [3.63, 3.8) is 0 Å². The lowest BCUT2D eigenvalue weighted by atomic mass is 10.2. The third-order valence-corrected chi connectivity index (χ3v) is 3.71. The number of hydrogen-bond donors (Lipinski definition) is 2. The van der Waals surface area contributed by atoms with Gasteiger partial charge in [-0.05, 0) is 36.4 Å². The van der Waals surface area contributed by atoms with E-state index in [-0.39, 0.29) is 17.3 Å². The van der Waals surface area contributed by atoms with E-state index in [2.05, 4.69) is 20.6 Å². The summed E-state index contributed by atoms with van der Waals surface area (Å²) in [5.41, 5.74) is 0.371. The second kappa shape index (κ2) is 7.96. The molecule has 0 radical (unpaired) electrons. The van der Waals surface area contributed by atoms with Gasteiger partial charge in [0.1, 0.15) is 23.1 Å². The standard InChI is InChI=1S/C18H13ClF2N4O2/c1-27-16-5-2-10(19)8-15(16)23-17(26)14-6-7-22-18(25-14)24-13-4-3-11(20)9-12(13)21/h2-9H,1H3,(H,23,26)(H,22,24,25). The van der Waals surface area contributed by atoms with E-state index in [1.165, 1.54) is 31.5 Å². The number of nitrogens with zero attached hydrogens (tertiary/aromatic N) is 2. The minimum Gasteiger partial charge on any atom is -0.495 e. The molecule has 6 nitrogen and oxygen atoms in total. The lowest BCUT2D eigenvalue weighted by Gasteiger charge is -2.11. The Morgan fingerprint density at radius 3 is 2.67 bits per heavy atom. The van der Waals surface area contributed by atoms with Gasteiger partial charge < -0.3 is 15.4 Å². The summed E-state index contributed by atoms with van der Waals surface area (Å²) in [6, 6.07) is 9.18. The minimum absolute atomic E-state index is 0.0220. The van der Waals surface area contributed by atoms with Gasteiger partial charge in [0.25, 0.3) is 5.91 Å². The van der Waals surface area contributed by atoms with Crippen molar-refractivity contribution in [3.8, 4) is 5.75 Å². The number of halogens is 3. The van der Waals surface area contributed by atoms with Crippen LogP contribution in [-0.2, 0) is 0 Å². The number of aromatic nitrogens is 2. The highest BCUT2D eigenvalue weighted by molar-refractivity contribution is 6.31. The summed E-state index contributed by atoms with van der Waals surface area (Å²) in [7, 11) is 1.46. The fraction of sp³-hybridized carbons (Fsp3) is 0.0556. The maximum Gasteiger partial charge on any atom is 0.274 e. The largest absolute Gasteiger partial charge is 0.495 e. The van der Waals surface area contributed by atoms with Crippen LogP contribution in [0.15, 0.2) is 48.7 Å². The average Bonchev–Trinajstić information content (AvgIpc) is 2.64. The summed E-state index contributed by atoms with van der Waals surface area (Å²) in [6.07, 6.45) is 1.33. The highest BCUT2D eigenvalue weighted by Crippen LogP contribution is 2.28. The molecule has 0 spiro atoms. The topological polar surface area (TPSA) is 76.1 Å². The third-order valence-electron chi connectivity index (χ3n) is 3.48. The number of rotatable bonds is 5. The van der Waals surface area contributed by atoms with Gasteiger partial charge in [-0.2, -0.15) is 0 Å². The molecule has 0 fully saturated rings. The van der Waals surface area contributed by atoms with Crippen molar-refractivity contribution in [2.75, 3.05) is 17.7 Å². The molecule has 0 bridgehead atoms. The van der Waals surface area contributed by atoms with E-state index in [9.17, 15) is 13.6 Å². The molecule has 2 N–H and O–H groups in total. The zero-order valence-electron chi connectivity index (χ0n) is 14.0. The molecule has 0 unspecified atom stereocenters. The van der Waals surface area contributed by atoms with Gasteiger partial charge in [-0.1, -0.05) is 11.6 Å². The molecule has 2 aromatic carbocycles. The second-order valence-corrected chi connectivity index (χ2v) is 5.75. The Morgan fingerprint density at radius 1 is 1.11 bits per heavy atom. The van der Waals surface area contributed by atoms with Gasteiger partial charge in [-0.15, -0.1) is 0 Å². The van der Waals surface area contributed by atoms with E-state index in [1.54, 1.807) is 12.1 Å². The summed E-state index contributed by atoms with van der Waals surface area (Å²) in [5, 5.41) is 5.66. The molecular weight excluding hydrogens is 378 g/mol. The molecule has 0 saturated carbocycles. The molecule has 1 amide bonds. The fourth-order valence-corrected chi connectivity index (χ4v) is 2.39. The monoisotopic (exact) mass is 390 g/mol. The van der Waals surface area contributed by atoms with E-state index < -0.39 is 17.5 Å². The van der Waals surface area contributed by atoms with Crippen LogP contribution < -0.4 is 15.4 Å². The zero-order chi connectivity index (χ0) is 19.4. The Kier molecular flexibility index (Phi) is 5.46. The van der Waals surface area contributed by atoms with E-state index >= 15 is 0 Å². The molecular formula is C18H13ClF2N4O2. The quantitative estimate of drug-likeness (QED) is 0.674. The number of carbonyl (C=O) groups is 1. The molecule has 0 aliphatic heterocycles. The molecule has 0 saturated heterocycles. The van der Waals surface area contributed by atoms with E-state index in [1.807, 2.05) is 0 Å². The van der Waals surface area contributed by atoms with Gasteiger partial charge in [0, 0.05) is 17.3 Å². The van der Waals surface area contributed by atoms with Gasteiger partial charge in [0.15, 0.2) is 0 Å². The van der Waals surface area contributed by atoms with Crippen LogP contribution in [0.1, 0.15) is 10.5 Å². The molecule has 3 rings (SSSR count). The average molecular weight is 391 g/mol. The zero-order valence-corrected chi connectivity index (χ0v) is 14.7. The minimum atomic E-state index is -0.808. The SMILES string of the molecule is COc1ccc(Cl)cc1NC(=O)c1ccnc(Nc2ccc(F)cc2F)n1. The highest BCUT2D eigenvalue weighted by Gasteiger charge is 2.13. The Bertz CT molecular complexity index is 1000. The number of carbonyl (C=O) groups excluding carboxylic acids is 1. The molecule has 9 heteroatoms. The normalized spacial score (nSPS) is 10.4. The van der Waals surface area contributed by atoms with Crippen LogP contribution in [-0.4, -0.2) is 23.0 Å². The van der Waals surface area contributed by atoms with Crippen LogP contribution in [0.25, 0.3) is 0 Å². The molecule has 0 atom stereocenters. The van der Waals surface area contributed by atoms with Crippen molar-refractivity contribution in [2.24, 2.45) is 0 Å². The number of nitrogens with one attached hydrogen (secondary N) is 2. The first kappa shape index (κ1) is 18.5. The molecule has 1 aromatic heterocycles. The Balaban J connectivity index is 1.81. The van der Waals surface area contributed by atoms with Crippen molar-refractivity contribution >= 4 is 34.8 Å². The molecule has 3 aromatic rings. The predicted octanol–water partition coefficient (Wildman–Crippen LogP) is 4.41. The molecule has 27 heavy (non-hydrogen) atoms. The van der Waals surface area contributed by atoms with Gasteiger partial charge in [-0.3, -0.25) is 4.79 Å². The number of methoxy groups -OCH3 is 1. The first-order valence-corrected chi connectivity index (χ1v) is 8.04. The van der Waals surface area contributed by atoms with Crippen LogP contribution in [0.4, 0.5) is 26.1 Å². The molecule has 0 aliphatic carbocycles. The van der Waals surface area contributed by atoms with Gasteiger partial charge in [0.05, 0.1) is 18.5 Å². The van der Waals surface area contributed by atoms with Crippen LogP contribution >= 0.6 is 11.6 Å². The lowest BCUT2D eigenvalue weighted by molar-refractivity contribution is 0.102. The summed E-state index contributed by atoms with van der Waals surface area (Å²) >= 11 is 5.94. The van der Waals surface area contributed by atoms with E-state index in [0.29, 0.717) is 16.5 Å². The van der Waals surface area contributed by atoms with Gasteiger partial charge in [-0.25, -0.2) is 18.7 Å². The Hall–Kier alpha value is -3.26. The van der Waals surface area contributed by atoms with Gasteiger partial charge in [0.2, 0.25) is 5.95 Å². The fourth-order valence-electron chi connectivity index (χ4n) is 2.22. The van der Waals surface area contributed by atoms with Crippen molar-refractivity contribution in [1.82, 2.24) is 9.97 Å². The van der Waals surface area contributed by atoms with E-state index in [0.717, 1.165) is 12.1 Å². The maximum atomic E-state index is 13.7. The Labute approximate surface area is 158 Å². The summed E-state index contributed by atoms with van der Waals surface area (Å²) in [4.78, 5) is 20.4.